The van der Waals surface area contributed by atoms with Crippen LogP contribution in [0.3, 0.4) is 0 Å². The summed E-state index contributed by atoms with van der Waals surface area (Å²) in [5, 5.41) is 2.76. The van der Waals surface area contributed by atoms with E-state index < -0.39 is 6.04 Å². The minimum Gasteiger partial charge on any atom is -0.357 e. The number of aryl methyl sites for hydroxylation is 1. The summed E-state index contributed by atoms with van der Waals surface area (Å²) in [5.41, 5.74) is 4.35. The molecule has 1 N–H and O–H groups in total. The van der Waals surface area contributed by atoms with Crippen LogP contribution in [0.1, 0.15) is 22.3 Å². The normalized spacial score (nSPS) is 11.6. The van der Waals surface area contributed by atoms with Crippen LogP contribution in [0.25, 0.3) is 0 Å². The summed E-state index contributed by atoms with van der Waals surface area (Å²) in [6.45, 7) is 2.43. The molecule has 6 heteroatoms. The SMILES string of the molecule is CNC(=O)C(Cc1ccccc1)N(Cc1ccc(C)cc1)C(=O)CSCc1ccc(Br)cc1. The van der Waals surface area contributed by atoms with Crippen molar-refractivity contribution >= 4 is 39.5 Å². The molecule has 3 aromatic rings. The van der Waals surface area contributed by atoms with Crippen LogP contribution in [0.5, 0.6) is 0 Å². The van der Waals surface area contributed by atoms with Crippen molar-refractivity contribution in [2.45, 2.75) is 31.7 Å². The lowest BCUT2D eigenvalue weighted by atomic mass is 10.0. The number of nitrogens with zero attached hydrogens (tertiary/aromatic N) is 1. The highest BCUT2D eigenvalue weighted by atomic mass is 79.9. The van der Waals surface area contributed by atoms with Crippen molar-refractivity contribution in [1.29, 1.82) is 0 Å². The number of amides is 2. The molecule has 172 valence electrons. The highest BCUT2D eigenvalue weighted by molar-refractivity contribution is 9.10. The first-order chi connectivity index (χ1) is 16.0. The first-order valence-corrected chi connectivity index (χ1v) is 12.8. The molecule has 0 radical (unpaired) electrons. The van der Waals surface area contributed by atoms with Crippen molar-refractivity contribution in [2.24, 2.45) is 0 Å². The highest BCUT2D eigenvalue weighted by Gasteiger charge is 2.29. The second-order valence-electron chi connectivity index (χ2n) is 7.95. The van der Waals surface area contributed by atoms with Crippen LogP contribution in [0.15, 0.2) is 83.3 Å². The molecule has 1 unspecified atom stereocenters. The maximum absolute atomic E-state index is 13.4. The molecule has 0 fully saturated rings. The second kappa shape index (κ2) is 12.6. The standard InChI is InChI=1S/C27H29BrN2O2S/c1-20-8-10-22(11-9-20)17-30(25(27(32)29-2)16-21-6-4-3-5-7-21)26(31)19-33-18-23-12-14-24(28)15-13-23/h3-15,25H,16-19H2,1-2H3,(H,29,32). The van der Waals surface area contributed by atoms with Crippen LogP contribution in [0.4, 0.5) is 0 Å². The molecule has 0 spiro atoms. The number of thioether (sulfide) groups is 1. The number of nitrogens with one attached hydrogen (secondary N) is 1. The van der Waals surface area contributed by atoms with E-state index in [1.54, 1.807) is 23.7 Å². The molecule has 33 heavy (non-hydrogen) atoms. The van der Waals surface area contributed by atoms with Crippen LogP contribution in [-0.2, 0) is 28.3 Å². The Labute approximate surface area is 208 Å². The summed E-state index contributed by atoms with van der Waals surface area (Å²) >= 11 is 5.02. The summed E-state index contributed by atoms with van der Waals surface area (Å²) in [6.07, 6.45) is 0.468. The van der Waals surface area contributed by atoms with E-state index in [4.69, 9.17) is 0 Å². The van der Waals surface area contributed by atoms with Gasteiger partial charge in [-0.05, 0) is 35.7 Å². The first-order valence-electron chi connectivity index (χ1n) is 10.9. The molecular weight excluding hydrogens is 496 g/mol. The number of halogens is 1. The van der Waals surface area contributed by atoms with Gasteiger partial charge in [0.15, 0.2) is 0 Å². The van der Waals surface area contributed by atoms with Gasteiger partial charge in [-0.3, -0.25) is 9.59 Å². The van der Waals surface area contributed by atoms with Crippen LogP contribution in [-0.4, -0.2) is 35.6 Å². The third kappa shape index (κ3) is 7.76. The quantitative estimate of drug-likeness (QED) is 0.387. The molecular formula is C27H29BrN2O2S. The zero-order chi connectivity index (χ0) is 23.6. The largest absolute Gasteiger partial charge is 0.357 e. The number of likely N-dealkylation sites (N-methyl/N-ethyl adjacent to an activating group) is 1. The van der Waals surface area contributed by atoms with E-state index in [0.29, 0.717) is 18.7 Å². The van der Waals surface area contributed by atoms with Gasteiger partial charge in [-0.25, -0.2) is 0 Å². The number of hydrogen-bond donors (Lipinski definition) is 1. The Bertz CT molecular complexity index is 1040. The number of hydrogen-bond acceptors (Lipinski definition) is 3. The Balaban J connectivity index is 1.79. The summed E-state index contributed by atoms with van der Waals surface area (Å²) in [4.78, 5) is 28.1. The van der Waals surface area contributed by atoms with Crippen molar-refractivity contribution in [3.05, 3.63) is 106 Å². The Morgan fingerprint density at radius 2 is 1.55 bits per heavy atom. The van der Waals surface area contributed by atoms with Crippen molar-refractivity contribution in [3.8, 4) is 0 Å². The fraction of sp³-hybridized carbons (Fsp3) is 0.259. The molecule has 0 bridgehead atoms. The highest BCUT2D eigenvalue weighted by Crippen LogP contribution is 2.20. The molecule has 3 aromatic carbocycles. The molecule has 1 atom stereocenters. The minimum atomic E-state index is -0.584. The fourth-order valence-electron chi connectivity index (χ4n) is 3.53. The predicted molar refractivity (Wildman–Crippen MR) is 140 cm³/mol. The van der Waals surface area contributed by atoms with Gasteiger partial charge in [0, 0.05) is 30.2 Å². The average Bonchev–Trinajstić information content (AvgIpc) is 2.83. The number of benzene rings is 3. The molecule has 0 aromatic heterocycles. The monoisotopic (exact) mass is 524 g/mol. The third-order valence-corrected chi connectivity index (χ3v) is 6.92. The van der Waals surface area contributed by atoms with Gasteiger partial charge in [-0.2, -0.15) is 0 Å². The predicted octanol–water partition coefficient (Wildman–Crippen LogP) is 5.38. The van der Waals surface area contributed by atoms with Crippen molar-refractivity contribution in [2.75, 3.05) is 12.8 Å². The van der Waals surface area contributed by atoms with Gasteiger partial charge in [0.1, 0.15) is 6.04 Å². The molecule has 2 amide bonds. The summed E-state index contributed by atoms with van der Waals surface area (Å²) in [6, 6.07) is 25.5. The van der Waals surface area contributed by atoms with E-state index in [1.165, 1.54) is 0 Å². The first kappa shape index (κ1) is 25.1. The van der Waals surface area contributed by atoms with Gasteiger partial charge in [-0.15, -0.1) is 11.8 Å². The molecule has 4 nitrogen and oxygen atoms in total. The summed E-state index contributed by atoms with van der Waals surface area (Å²) in [7, 11) is 1.62. The van der Waals surface area contributed by atoms with Crippen LogP contribution in [0.2, 0.25) is 0 Å². The Hall–Kier alpha value is -2.57. The van der Waals surface area contributed by atoms with Gasteiger partial charge in [0.05, 0.1) is 5.75 Å². The summed E-state index contributed by atoms with van der Waals surface area (Å²) in [5.74, 6) is 0.852. The molecule has 0 saturated heterocycles. The van der Waals surface area contributed by atoms with Crippen molar-refractivity contribution in [1.82, 2.24) is 10.2 Å². The Morgan fingerprint density at radius 3 is 2.18 bits per heavy atom. The van der Waals surface area contributed by atoms with E-state index in [-0.39, 0.29) is 11.8 Å². The zero-order valence-corrected chi connectivity index (χ0v) is 21.4. The molecule has 0 heterocycles. The maximum Gasteiger partial charge on any atom is 0.242 e. The van der Waals surface area contributed by atoms with E-state index in [1.807, 2.05) is 85.8 Å². The lowest BCUT2D eigenvalue weighted by Gasteiger charge is -2.31. The number of carbonyl (C=O) groups is 2. The minimum absolute atomic E-state index is 0.0396. The fourth-order valence-corrected chi connectivity index (χ4v) is 4.67. The van der Waals surface area contributed by atoms with Crippen molar-refractivity contribution < 1.29 is 9.59 Å². The van der Waals surface area contributed by atoms with Crippen LogP contribution in [0, 0.1) is 6.92 Å². The topological polar surface area (TPSA) is 49.4 Å². The van der Waals surface area contributed by atoms with E-state index >= 15 is 0 Å². The molecule has 3 rings (SSSR count). The Kier molecular flexibility index (Phi) is 9.58. The van der Waals surface area contributed by atoms with Crippen molar-refractivity contribution in [3.63, 3.8) is 0 Å². The Morgan fingerprint density at radius 1 is 0.909 bits per heavy atom. The lowest BCUT2D eigenvalue weighted by molar-refractivity contribution is -0.139. The smallest absolute Gasteiger partial charge is 0.242 e. The van der Waals surface area contributed by atoms with Crippen LogP contribution >= 0.6 is 27.7 Å². The van der Waals surface area contributed by atoms with Gasteiger partial charge < -0.3 is 10.2 Å². The number of carbonyl (C=O) groups excluding carboxylic acids is 2. The van der Waals surface area contributed by atoms with Gasteiger partial charge in [0.25, 0.3) is 0 Å². The second-order valence-corrected chi connectivity index (χ2v) is 9.85. The zero-order valence-electron chi connectivity index (χ0n) is 19.0. The molecule has 0 aliphatic rings. The van der Waals surface area contributed by atoms with E-state index in [0.717, 1.165) is 32.5 Å². The third-order valence-electron chi connectivity index (χ3n) is 5.40. The van der Waals surface area contributed by atoms with Crippen LogP contribution < -0.4 is 5.32 Å². The lowest BCUT2D eigenvalue weighted by Crippen LogP contribution is -2.50. The molecule has 0 saturated carbocycles. The number of rotatable bonds is 10. The molecule has 0 aliphatic heterocycles. The molecule has 0 aliphatic carbocycles. The van der Waals surface area contributed by atoms with Gasteiger partial charge in [0.2, 0.25) is 11.8 Å². The van der Waals surface area contributed by atoms with Gasteiger partial charge in [-0.1, -0.05) is 88.2 Å². The van der Waals surface area contributed by atoms with E-state index in [9.17, 15) is 9.59 Å². The maximum atomic E-state index is 13.4. The average molecular weight is 526 g/mol. The van der Waals surface area contributed by atoms with E-state index in [2.05, 4.69) is 21.2 Å². The van der Waals surface area contributed by atoms with Gasteiger partial charge >= 0.3 is 0 Å². The summed E-state index contributed by atoms with van der Waals surface area (Å²) < 4.78 is 1.03.